The molecule has 2 rings (SSSR count). The van der Waals surface area contributed by atoms with Crippen molar-refractivity contribution in [2.75, 3.05) is 19.8 Å². The van der Waals surface area contributed by atoms with E-state index in [1.165, 1.54) is 128 Å². The lowest BCUT2D eigenvalue weighted by Gasteiger charge is -2.46. The van der Waals surface area contributed by atoms with Crippen LogP contribution in [0.25, 0.3) is 0 Å². The molecule has 0 aromatic rings. The molecule has 0 saturated carbocycles. The predicted molar refractivity (Wildman–Crippen MR) is 268 cm³/mol. The van der Waals surface area contributed by atoms with Crippen molar-refractivity contribution < 1.29 is 64.6 Å². The fraction of sp³-hybridized carbons (Fsp3) is 0.870. The Bertz CT molecular complexity index is 1280. The van der Waals surface area contributed by atoms with E-state index in [0.29, 0.717) is 12.8 Å². The maximum atomic E-state index is 13.2. The van der Waals surface area contributed by atoms with Crippen molar-refractivity contribution in [1.82, 2.24) is 5.32 Å². The molecule has 68 heavy (non-hydrogen) atoms. The lowest BCUT2D eigenvalue weighted by Crippen LogP contribution is -2.65. The maximum Gasteiger partial charge on any atom is 0.220 e. The highest BCUT2D eigenvalue weighted by Gasteiger charge is 2.51. The van der Waals surface area contributed by atoms with Crippen LogP contribution in [-0.4, -0.2) is 140 Å². The van der Waals surface area contributed by atoms with Crippen molar-refractivity contribution in [3.05, 3.63) is 36.5 Å². The number of allylic oxidation sites excluding steroid dienone is 5. The molecule has 398 valence electrons. The summed E-state index contributed by atoms with van der Waals surface area (Å²) in [7, 11) is 0. The first-order chi connectivity index (χ1) is 33.1. The minimum Gasteiger partial charge on any atom is -0.394 e. The standard InChI is InChI=1S/C54H99NO13/c1-3-5-7-9-11-13-15-17-18-19-20-21-22-23-24-26-28-30-32-34-36-38-46(59)55-42(43(58)37-35-33-31-29-27-25-16-14-12-10-8-6-4-2)41-65-53-51(64)49(62)52(45(40-57)67-53)68-54-50(63)48(61)47(60)44(39-56)66-54/h12,14,27,29,35,37,42-45,47-54,56-58,60-64H,3-11,13,15-26,28,30-34,36,38-41H2,1-2H3,(H,55,59)/b14-12+,29-27+,37-35+. The maximum absolute atomic E-state index is 13.2. The molecule has 1 amide bonds. The first-order valence-electron chi connectivity index (χ1n) is 27.2. The van der Waals surface area contributed by atoms with Gasteiger partial charge in [0.15, 0.2) is 12.6 Å². The molecule has 2 saturated heterocycles. The van der Waals surface area contributed by atoms with Crippen LogP contribution in [0.15, 0.2) is 36.5 Å². The highest BCUT2D eigenvalue weighted by Crippen LogP contribution is 2.30. The van der Waals surface area contributed by atoms with Crippen LogP contribution < -0.4 is 5.32 Å². The Morgan fingerprint density at radius 1 is 0.515 bits per heavy atom. The molecule has 0 aliphatic carbocycles. The monoisotopic (exact) mass is 970 g/mol. The molecule has 9 N–H and O–H groups in total. The van der Waals surface area contributed by atoms with Gasteiger partial charge in [0.25, 0.3) is 0 Å². The summed E-state index contributed by atoms with van der Waals surface area (Å²) in [5.41, 5.74) is 0. The fourth-order valence-corrected chi connectivity index (χ4v) is 8.85. The number of hydrogen-bond acceptors (Lipinski definition) is 13. The van der Waals surface area contributed by atoms with Gasteiger partial charge in [-0.15, -0.1) is 0 Å². The van der Waals surface area contributed by atoms with E-state index in [9.17, 15) is 45.6 Å². The van der Waals surface area contributed by atoms with Crippen LogP contribution >= 0.6 is 0 Å². The van der Waals surface area contributed by atoms with E-state index in [1.54, 1.807) is 6.08 Å². The number of carbonyl (C=O) groups is 1. The van der Waals surface area contributed by atoms with Gasteiger partial charge >= 0.3 is 0 Å². The van der Waals surface area contributed by atoms with Crippen molar-refractivity contribution in [2.45, 2.75) is 280 Å². The van der Waals surface area contributed by atoms with Crippen LogP contribution in [0, 0.1) is 0 Å². The van der Waals surface area contributed by atoms with E-state index >= 15 is 0 Å². The molecule has 2 fully saturated rings. The second kappa shape index (κ2) is 40.8. The van der Waals surface area contributed by atoms with Crippen molar-refractivity contribution >= 4 is 5.91 Å². The number of hydrogen-bond donors (Lipinski definition) is 9. The van der Waals surface area contributed by atoms with Crippen molar-refractivity contribution in [3.8, 4) is 0 Å². The summed E-state index contributed by atoms with van der Waals surface area (Å²) in [6.45, 7) is 2.74. The highest BCUT2D eigenvalue weighted by atomic mass is 16.7. The number of nitrogens with one attached hydrogen (secondary N) is 1. The van der Waals surface area contributed by atoms with E-state index in [0.717, 1.165) is 44.9 Å². The molecule has 0 radical (unpaired) electrons. The Labute approximate surface area is 411 Å². The Morgan fingerprint density at radius 2 is 0.941 bits per heavy atom. The Balaban J connectivity index is 1.79. The summed E-state index contributed by atoms with van der Waals surface area (Å²) >= 11 is 0. The average molecular weight is 970 g/mol. The topological polar surface area (TPSA) is 228 Å². The lowest BCUT2D eigenvalue weighted by molar-refractivity contribution is -0.359. The first kappa shape index (κ1) is 62.3. The van der Waals surface area contributed by atoms with Crippen LogP contribution in [0.3, 0.4) is 0 Å². The van der Waals surface area contributed by atoms with Gasteiger partial charge in [0.05, 0.1) is 32.0 Å². The third kappa shape index (κ3) is 27.1. The molecule has 12 unspecified atom stereocenters. The number of aliphatic hydroxyl groups excluding tert-OH is 8. The first-order valence-corrected chi connectivity index (χ1v) is 27.2. The van der Waals surface area contributed by atoms with Crippen molar-refractivity contribution in [2.24, 2.45) is 0 Å². The molecule has 0 spiro atoms. The smallest absolute Gasteiger partial charge is 0.220 e. The number of rotatable bonds is 42. The molecule has 14 heteroatoms. The minimum absolute atomic E-state index is 0.252. The summed E-state index contributed by atoms with van der Waals surface area (Å²) in [6, 6.07) is -0.933. The molecule has 12 atom stereocenters. The van der Waals surface area contributed by atoms with E-state index in [-0.39, 0.29) is 18.9 Å². The van der Waals surface area contributed by atoms with Crippen LogP contribution in [0.4, 0.5) is 0 Å². The number of ether oxygens (including phenoxy) is 4. The van der Waals surface area contributed by atoms with E-state index in [1.807, 2.05) is 6.08 Å². The van der Waals surface area contributed by atoms with Crippen LogP contribution in [0.1, 0.15) is 206 Å². The van der Waals surface area contributed by atoms with Crippen LogP contribution in [-0.2, 0) is 23.7 Å². The molecule has 0 aromatic heterocycles. The highest BCUT2D eigenvalue weighted by molar-refractivity contribution is 5.76. The van der Waals surface area contributed by atoms with Gasteiger partial charge in [0.2, 0.25) is 5.91 Å². The zero-order chi connectivity index (χ0) is 49.6. The summed E-state index contributed by atoms with van der Waals surface area (Å²) in [6.07, 6.45) is 30.5. The van der Waals surface area contributed by atoms with Gasteiger partial charge in [-0.3, -0.25) is 4.79 Å². The molecule has 0 aromatic carbocycles. The average Bonchev–Trinajstić information content (AvgIpc) is 3.34. The molecule has 0 bridgehead atoms. The summed E-state index contributed by atoms with van der Waals surface area (Å²) in [5, 5.41) is 86.8. The predicted octanol–water partition coefficient (Wildman–Crippen LogP) is 7.88. The second-order valence-corrected chi connectivity index (χ2v) is 19.3. The number of aliphatic hydroxyl groups is 8. The van der Waals surface area contributed by atoms with Crippen molar-refractivity contribution in [1.29, 1.82) is 0 Å². The minimum atomic E-state index is -1.79. The zero-order valence-electron chi connectivity index (χ0n) is 42.3. The van der Waals surface area contributed by atoms with E-state index in [4.69, 9.17) is 18.9 Å². The quantitative estimate of drug-likeness (QED) is 0.0210. The summed E-state index contributed by atoms with van der Waals surface area (Å²) in [5.74, 6) is -0.252. The number of unbranched alkanes of at least 4 members (excludes halogenated alkanes) is 25. The van der Waals surface area contributed by atoms with E-state index in [2.05, 4.69) is 43.5 Å². The number of amides is 1. The summed E-state index contributed by atoms with van der Waals surface area (Å²) < 4.78 is 22.7. The van der Waals surface area contributed by atoms with Gasteiger partial charge in [0.1, 0.15) is 48.8 Å². The van der Waals surface area contributed by atoms with Gasteiger partial charge in [-0.25, -0.2) is 0 Å². The lowest BCUT2D eigenvalue weighted by atomic mass is 9.97. The van der Waals surface area contributed by atoms with E-state index < -0.39 is 86.8 Å². The van der Waals surface area contributed by atoms with Crippen LogP contribution in [0.2, 0.25) is 0 Å². The summed E-state index contributed by atoms with van der Waals surface area (Å²) in [4.78, 5) is 13.2. The fourth-order valence-electron chi connectivity index (χ4n) is 8.85. The molecule has 2 heterocycles. The number of carbonyl (C=O) groups excluding carboxylic acids is 1. The molecular formula is C54H99NO13. The molecule has 14 nitrogen and oxygen atoms in total. The van der Waals surface area contributed by atoms with Gasteiger partial charge in [-0.2, -0.15) is 0 Å². The van der Waals surface area contributed by atoms with Crippen LogP contribution in [0.5, 0.6) is 0 Å². The largest absolute Gasteiger partial charge is 0.394 e. The molecule has 2 aliphatic rings. The zero-order valence-corrected chi connectivity index (χ0v) is 42.3. The Kier molecular flexibility index (Phi) is 37.4. The SMILES string of the molecule is CCCCC/C=C/CC/C=C/CC/C=C/C(O)C(COC1OC(CO)C(OC2OC(CO)C(O)C(O)C2O)C(O)C1O)NC(=O)CCCCCCCCCCCCCCCCCCCCCCC. The third-order valence-electron chi connectivity index (χ3n) is 13.3. The third-order valence-corrected chi connectivity index (χ3v) is 13.3. The van der Waals surface area contributed by atoms with Gasteiger partial charge < -0.3 is 65.1 Å². The normalized spacial score (nSPS) is 26.6. The second-order valence-electron chi connectivity index (χ2n) is 19.3. The van der Waals surface area contributed by atoms with Gasteiger partial charge in [-0.05, 0) is 44.9 Å². The van der Waals surface area contributed by atoms with Crippen molar-refractivity contribution in [3.63, 3.8) is 0 Å². The van der Waals surface area contributed by atoms with Gasteiger partial charge in [-0.1, -0.05) is 192 Å². The van der Waals surface area contributed by atoms with Gasteiger partial charge in [0, 0.05) is 6.42 Å². The Morgan fingerprint density at radius 3 is 1.44 bits per heavy atom. The molecular weight excluding hydrogens is 871 g/mol. The molecule has 2 aliphatic heterocycles. The Hall–Kier alpha value is -1.79.